The Labute approximate surface area is 112 Å². The highest BCUT2D eigenvalue weighted by atomic mass is 16.5. The highest BCUT2D eigenvalue weighted by Gasteiger charge is 2.39. The molecule has 1 saturated carbocycles. The molecule has 106 valence electrons. The van der Waals surface area contributed by atoms with E-state index in [-0.39, 0.29) is 5.60 Å². The largest absolute Gasteiger partial charge is 0.379 e. The summed E-state index contributed by atoms with van der Waals surface area (Å²) in [5, 5.41) is 0. The predicted octanol–water partition coefficient (Wildman–Crippen LogP) is 2.39. The van der Waals surface area contributed by atoms with Crippen LogP contribution in [-0.2, 0) is 4.74 Å². The average molecular weight is 254 g/mol. The smallest absolute Gasteiger partial charge is 0.0638 e. The monoisotopic (exact) mass is 254 g/mol. The number of ether oxygens (including phenoxy) is 1. The molecular formula is C15H30N2O. The van der Waals surface area contributed by atoms with Crippen LogP contribution >= 0.6 is 0 Å². The fraction of sp³-hybridized carbons (Fsp3) is 1.00. The van der Waals surface area contributed by atoms with Crippen LogP contribution in [0.15, 0.2) is 0 Å². The van der Waals surface area contributed by atoms with Crippen molar-refractivity contribution in [3.05, 3.63) is 0 Å². The van der Waals surface area contributed by atoms with Crippen molar-refractivity contribution in [3.63, 3.8) is 0 Å². The summed E-state index contributed by atoms with van der Waals surface area (Å²) in [6.45, 7) is 6.34. The number of rotatable bonds is 5. The summed E-state index contributed by atoms with van der Waals surface area (Å²) in [5.41, 5.74) is 5.99. The zero-order valence-corrected chi connectivity index (χ0v) is 12.3. The molecule has 2 rings (SSSR count). The number of nitrogens with zero attached hydrogens (tertiary/aromatic N) is 1. The molecule has 0 spiro atoms. The molecule has 3 heteroatoms. The van der Waals surface area contributed by atoms with Gasteiger partial charge in [0.15, 0.2) is 0 Å². The van der Waals surface area contributed by atoms with Gasteiger partial charge in [0.25, 0.3) is 0 Å². The molecule has 2 aliphatic rings. The second-order valence-electron chi connectivity index (χ2n) is 6.70. The van der Waals surface area contributed by atoms with Crippen LogP contribution in [0.25, 0.3) is 0 Å². The van der Waals surface area contributed by atoms with Gasteiger partial charge in [-0.2, -0.15) is 0 Å². The molecule has 3 unspecified atom stereocenters. The fourth-order valence-electron chi connectivity index (χ4n) is 3.93. The molecule has 18 heavy (non-hydrogen) atoms. The van der Waals surface area contributed by atoms with Crippen LogP contribution in [0.1, 0.15) is 52.4 Å². The molecule has 1 heterocycles. The summed E-state index contributed by atoms with van der Waals surface area (Å²) in [4.78, 5) is 2.71. The minimum atomic E-state index is -0.0599. The van der Waals surface area contributed by atoms with Crippen LogP contribution in [0.4, 0.5) is 0 Å². The number of methoxy groups -OCH3 is 1. The van der Waals surface area contributed by atoms with Crippen molar-refractivity contribution >= 4 is 0 Å². The Bertz CT molecular complexity index is 267. The lowest BCUT2D eigenvalue weighted by molar-refractivity contribution is -0.0240. The first-order chi connectivity index (χ1) is 8.57. The summed E-state index contributed by atoms with van der Waals surface area (Å²) in [5.74, 6) is 0.943. The molecule has 0 aromatic heterocycles. The van der Waals surface area contributed by atoms with Gasteiger partial charge in [-0.15, -0.1) is 0 Å². The Hall–Kier alpha value is -0.120. The van der Waals surface area contributed by atoms with Crippen LogP contribution in [0.3, 0.4) is 0 Å². The quantitative estimate of drug-likeness (QED) is 0.819. The molecule has 0 aromatic carbocycles. The van der Waals surface area contributed by atoms with Gasteiger partial charge in [0, 0.05) is 25.7 Å². The fourth-order valence-corrected chi connectivity index (χ4v) is 3.93. The van der Waals surface area contributed by atoms with E-state index in [2.05, 4.69) is 18.7 Å². The number of nitrogens with two attached hydrogens (primary N) is 1. The van der Waals surface area contributed by atoms with Gasteiger partial charge in [-0.3, -0.25) is 4.90 Å². The van der Waals surface area contributed by atoms with Crippen molar-refractivity contribution < 1.29 is 4.74 Å². The lowest BCUT2D eigenvalue weighted by atomic mass is 9.88. The van der Waals surface area contributed by atoms with Crippen molar-refractivity contribution in [3.8, 4) is 0 Å². The summed E-state index contributed by atoms with van der Waals surface area (Å²) < 4.78 is 5.59. The highest BCUT2D eigenvalue weighted by molar-refractivity contribution is 4.94. The Morgan fingerprint density at radius 3 is 2.67 bits per heavy atom. The van der Waals surface area contributed by atoms with Crippen LogP contribution in [-0.4, -0.2) is 42.8 Å². The lowest BCUT2D eigenvalue weighted by Crippen LogP contribution is -2.53. The Kier molecular flexibility index (Phi) is 4.68. The number of fused-ring (bicyclic) bond motifs is 1. The van der Waals surface area contributed by atoms with Crippen molar-refractivity contribution in [1.82, 2.24) is 4.90 Å². The molecule has 1 saturated heterocycles. The predicted molar refractivity (Wildman–Crippen MR) is 75.6 cm³/mol. The summed E-state index contributed by atoms with van der Waals surface area (Å²) in [7, 11) is 1.81. The number of hydrogen-bond acceptors (Lipinski definition) is 3. The van der Waals surface area contributed by atoms with E-state index in [0.29, 0.717) is 6.04 Å². The molecule has 0 aromatic rings. The molecular weight excluding hydrogens is 224 g/mol. The van der Waals surface area contributed by atoms with Crippen LogP contribution in [0.5, 0.6) is 0 Å². The van der Waals surface area contributed by atoms with E-state index in [9.17, 15) is 0 Å². The first kappa shape index (κ1) is 14.3. The maximum Gasteiger partial charge on any atom is 0.0638 e. The van der Waals surface area contributed by atoms with Gasteiger partial charge in [0.2, 0.25) is 0 Å². The third-order valence-corrected chi connectivity index (χ3v) is 5.06. The van der Waals surface area contributed by atoms with Gasteiger partial charge in [-0.25, -0.2) is 0 Å². The summed E-state index contributed by atoms with van der Waals surface area (Å²) >= 11 is 0. The van der Waals surface area contributed by atoms with E-state index in [1.54, 1.807) is 0 Å². The Balaban J connectivity index is 2.02. The third-order valence-electron chi connectivity index (χ3n) is 5.06. The van der Waals surface area contributed by atoms with Crippen molar-refractivity contribution in [2.75, 3.05) is 20.2 Å². The molecule has 0 radical (unpaired) electrons. The van der Waals surface area contributed by atoms with E-state index in [1.165, 1.54) is 38.6 Å². The molecule has 3 nitrogen and oxygen atoms in total. The van der Waals surface area contributed by atoms with E-state index in [0.717, 1.165) is 24.9 Å². The maximum absolute atomic E-state index is 6.05. The second kappa shape index (κ2) is 5.89. The number of piperidine rings is 1. The molecule has 3 atom stereocenters. The van der Waals surface area contributed by atoms with Gasteiger partial charge in [0.1, 0.15) is 0 Å². The van der Waals surface area contributed by atoms with Crippen molar-refractivity contribution in [2.24, 2.45) is 11.7 Å². The first-order valence-electron chi connectivity index (χ1n) is 7.58. The molecule has 0 bridgehead atoms. The minimum Gasteiger partial charge on any atom is -0.379 e. The third kappa shape index (κ3) is 3.06. The molecule has 2 N–H and O–H groups in total. The molecule has 2 fully saturated rings. The van der Waals surface area contributed by atoms with E-state index >= 15 is 0 Å². The zero-order chi connectivity index (χ0) is 13.2. The second-order valence-corrected chi connectivity index (χ2v) is 6.70. The van der Waals surface area contributed by atoms with Gasteiger partial charge in [-0.05, 0) is 58.4 Å². The van der Waals surface area contributed by atoms with Crippen molar-refractivity contribution in [2.45, 2.75) is 70.1 Å². The zero-order valence-electron chi connectivity index (χ0n) is 12.3. The van der Waals surface area contributed by atoms with Crippen LogP contribution in [0, 0.1) is 5.92 Å². The standard InChI is InChI=1S/C15H30N2O/c1-15(2,18-3)10-13(11-16)17-9-5-7-12-6-4-8-14(12)17/h12-14H,4-11,16H2,1-3H3. The van der Waals surface area contributed by atoms with Gasteiger partial charge < -0.3 is 10.5 Å². The van der Waals surface area contributed by atoms with Gasteiger partial charge in [0.05, 0.1) is 5.60 Å². The Morgan fingerprint density at radius 2 is 2.00 bits per heavy atom. The van der Waals surface area contributed by atoms with Crippen LogP contribution in [0.2, 0.25) is 0 Å². The average Bonchev–Trinajstić information content (AvgIpc) is 2.84. The molecule has 1 aliphatic carbocycles. The van der Waals surface area contributed by atoms with E-state index in [1.807, 2.05) is 7.11 Å². The summed E-state index contributed by atoms with van der Waals surface area (Å²) in [6, 6.07) is 1.30. The maximum atomic E-state index is 6.05. The topological polar surface area (TPSA) is 38.5 Å². The lowest BCUT2D eigenvalue weighted by Gasteiger charge is -2.44. The molecule has 1 aliphatic heterocycles. The minimum absolute atomic E-state index is 0.0599. The molecule has 0 amide bonds. The van der Waals surface area contributed by atoms with Gasteiger partial charge in [-0.1, -0.05) is 6.42 Å². The Morgan fingerprint density at radius 1 is 1.28 bits per heavy atom. The highest BCUT2D eigenvalue weighted by Crippen LogP contribution is 2.38. The van der Waals surface area contributed by atoms with Crippen molar-refractivity contribution in [1.29, 1.82) is 0 Å². The van der Waals surface area contributed by atoms with Crippen LogP contribution < -0.4 is 5.73 Å². The first-order valence-corrected chi connectivity index (χ1v) is 7.58. The van der Waals surface area contributed by atoms with Gasteiger partial charge >= 0.3 is 0 Å². The normalized spacial score (nSPS) is 31.3. The number of likely N-dealkylation sites (tertiary alicyclic amines) is 1. The SMILES string of the molecule is COC(C)(C)CC(CN)N1CCCC2CCCC21. The van der Waals surface area contributed by atoms with E-state index in [4.69, 9.17) is 10.5 Å². The summed E-state index contributed by atoms with van der Waals surface area (Å²) in [6.07, 6.45) is 8.07. The number of hydrogen-bond donors (Lipinski definition) is 1. The van der Waals surface area contributed by atoms with E-state index < -0.39 is 0 Å².